The van der Waals surface area contributed by atoms with Crippen molar-refractivity contribution < 1.29 is 0 Å². The molecule has 0 atom stereocenters. The van der Waals surface area contributed by atoms with Gasteiger partial charge in [-0.1, -0.05) is 101 Å². The zero-order valence-corrected chi connectivity index (χ0v) is 18.6. The average Bonchev–Trinajstić information content (AvgIpc) is 2.85. The van der Waals surface area contributed by atoms with Crippen LogP contribution in [0.3, 0.4) is 0 Å². The van der Waals surface area contributed by atoms with E-state index in [1.54, 1.807) is 0 Å². The Hall–Kier alpha value is -3.30. The first-order valence-corrected chi connectivity index (χ1v) is 11.2. The third-order valence-electron chi connectivity index (χ3n) is 5.41. The van der Waals surface area contributed by atoms with E-state index in [9.17, 15) is 0 Å². The number of hydrogen-bond donors (Lipinski definition) is 0. The highest BCUT2D eigenvalue weighted by Crippen LogP contribution is 2.29. The molecule has 0 unspecified atom stereocenters. The van der Waals surface area contributed by atoms with Crippen LogP contribution in [0.2, 0.25) is 0 Å². The van der Waals surface area contributed by atoms with Crippen LogP contribution in [0, 0.1) is 0 Å². The molecule has 3 heteroatoms. The molecular weight excluding hydrogens is 444 g/mol. The Morgan fingerprint density at radius 2 is 1.23 bits per heavy atom. The van der Waals surface area contributed by atoms with Crippen LogP contribution in [0.1, 0.15) is 18.4 Å². The fourth-order valence-electron chi connectivity index (χ4n) is 3.74. The Kier molecular flexibility index (Phi) is 5.59. The smallest absolute Gasteiger partial charge is 0.160 e. The summed E-state index contributed by atoms with van der Waals surface area (Å²) in [6, 6.07) is 29.1. The van der Waals surface area contributed by atoms with E-state index in [1.165, 1.54) is 11.1 Å². The fourth-order valence-corrected chi connectivity index (χ4v) is 4.01. The predicted molar refractivity (Wildman–Crippen MR) is 132 cm³/mol. The first-order valence-electron chi connectivity index (χ1n) is 10.4. The van der Waals surface area contributed by atoms with Crippen LogP contribution in [-0.4, -0.2) is 9.97 Å². The van der Waals surface area contributed by atoms with Crippen LogP contribution >= 0.6 is 15.9 Å². The summed E-state index contributed by atoms with van der Waals surface area (Å²) in [4.78, 5) is 9.79. The first kappa shape index (κ1) is 19.7. The molecule has 4 aromatic rings. The number of rotatable bonds is 4. The zero-order chi connectivity index (χ0) is 21.0. The molecule has 150 valence electrons. The lowest BCUT2D eigenvalue weighted by atomic mass is 9.98. The van der Waals surface area contributed by atoms with E-state index in [4.69, 9.17) is 9.97 Å². The van der Waals surface area contributed by atoms with Gasteiger partial charge in [0.2, 0.25) is 0 Å². The molecule has 0 saturated carbocycles. The number of benzene rings is 3. The van der Waals surface area contributed by atoms with Gasteiger partial charge < -0.3 is 0 Å². The Labute approximate surface area is 191 Å². The lowest BCUT2D eigenvalue weighted by Crippen LogP contribution is -1.96. The van der Waals surface area contributed by atoms with Crippen molar-refractivity contribution in [2.24, 2.45) is 0 Å². The second-order valence-corrected chi connectivity index (χ2v) is 8.47. The monoisotopic (exact) mass is 464 g/mol. The molecule has 0 bridgehead atoms. The number of hydrogen-bond acceptors (Lipinski definition) is 2. The van der Waals surface area contributed by atoms with Gasteiger partial charge in [0.25, 0.3) is 0 Å². The van der Waals surface area contributed by atoms with E-state index in [1.807, 2.05) is 30.3 Å². The van der Waals surface area contributed by atoms with Crippen molar-refractivity contribution in [2.75, 3.05) is 0 Å². The first-order chi connectivity index (χ1) is 15.3. The largest absolute Gasteiger partial charge is 0.228 e. The van der Waals surface area contributed by atoms with Gasteiger partial charge in [0, 0.05) is 21.2 Å². The van der Waals surface area contributed by atoms with E-state index in [2.05, 4.69) is 88.8 Å². The molecule has 0 amide bonds. The van der Waals surface area contributed by atoms with E-state index in [-0.39, 0.29) is 0 Å². The minimum Gasteiger partial charge on any atom is -0.228 e. The molecule has 2 nitrogen and oxygen atoms in total. The minimum absolute atomic E-state index is 0.734. The summed E-state index contributed by atoms with van der Waals surface area (Å²) in [5.41, 5.74) is 7.54. The third-order valence-corrected chi connectivity index (χ3v) is 5.94. The van der Waals surface area contributed by atoms with Gasteiger partial charge in [0.1, 0.15) is 0 Å². The molecule has 0 saturated heterocycles. The van der Waals surface area contributed by atoms with Crippen LogP contribution in [-0.2, 0) is 0 Å². The average molecular weight is 465 g/mol. The normalized spacial score (nSPS) is 13.1. The number of aromatic nitrogens is 2. The highest BCUT2D eigenvalue weighted by atomic mass is 79.9. The summed E-state index contributed by atoms with van der Waals surface area (Å²) in [7, 11) is 0. The molecule has 3 aromatic carbocycles. The third kappa shape index (κ3) is 4.42. The lowest BCUT2D eigenvalue weighted by molar-refractivity contribution is 1.04. The Morgan fingerprint density at radius 1 is 0.613 bits per heavy atom. The fraction of sp³-hybridized carbons (Fsp3) is 0.0714. The molecule has 1 aliphatic carbocycles. The van der Waals surface area contributed by atoms with E-state index in [0.29, 0.717) is 0 Å². The Morgan fingerprint density at radius 3 is 1.84 bits per heavy atom. The molecule has 0 radical (unpaired) electrons. The maximum Gasteiger partial charge on any atom is 0.160 e. The highest BCUT2D eigenvalue weighted by molar-refractivity contribution is 9.10. The van der Waals surface area contributed by atoms with Gasteiger partial charge in [-0.15, -0.1) is 0 Å². The Balaban J connectivity index is 1.59. The molecule has 1 aromatic heterocycles. The van der Waals surface area contributed by atoms with Gasteiger partial charge in [-0.05, 0) is 42.2 Å². The molecule has 5 rings (SSSR count). The molecule has 0 N–H and O–H groups in total. The van der Waals surface area contributed by atoms with Crippen molar-refractivity contribution in [3.63, 3.8) is 0 Å². The molecule has 0 spiro atoms. The van der Waals surface area contributed by atoms with Gasteiger partial charge in [0.05, 0.1) is 11.4 Å². The summed E-state index contributed by atoms with van der Waals surface area (Å²) >= 11 is 3.52. The van der Waals surface area contributed by atoms with E-state index in [0.717, 1.165) is 51.2 Å². The van der Waals surface area contributed by atoms with Crippen molar-refractivity contribution in [3.05, 3.63) is 113 Å². The van der Waals surface area contributed by atoms with Crippen molar-refractivity contribution in [3.8, 4) is 33.9 Å². The topological polar surface area (TPSA) is 25.8 Å². The van der Waals surface area contributed by atoms with Crippen LogP contribution in [0.25, 0.3) is 39.5 Å². The lowest BCUT2D eigenvalue weighted by Gasteiger charge is -2.11. The summed E-state index contributed by atoms with van der Waals surface area (Å²) in [6.45, 7) is 0. The van der Waals surface area contributed by atoms with E-state index >= 15 is 0 Å². The predicted octanol–water partition coefficient (Wildman–Crippen LogP) is 7.97. The van der Waals surface area contributed by atoms with Gasteiger partial charge in [-0.2, -0.15) is 0 Å². The van der Waals surface area contributed by atoms with Crippen molar-refractivity contribution >= 4 is 21.5 Å². The van der Waals surface area contributed by atoms with Crippen LogP contribution in [0.5, 0.6) is 0 Å². The maximum atomic E-state index is 4.91. The SMILES string of the molecule is Brc1ccc(-c2cc(-c3ccc(C4=CCCC=C4)cc3)nc(-c3ccccc3)n2)cc1. The quantitative estimate of drug-likeness (QED) is 0.305. The number of nitrogens with zero attached hydrogens (tertiary/aromatic N) is 2. The summed E-state index contributed by atoms with van der Waals surface area (Å²) < 4.78 is 1.05. The highest BCUT2D eigenvalue weighted by Gasteiger charge is 2.11. The van der Waals surface area contributed by atoms with Crippen LogP contribution in [0.15, 0.2) is 108 Å². The minimum atomic E-state index is 0.734. The van der Waals surface area contributed by atoms with Crippen LogP contribution < -0.4 is 0 Å². The van der Waals surface area contributed by atoms with Gasteiger partial charge >= 0.3 is 0 Å². The number of allylic oxidation sites excluding steroid dienone is 4. The van der Waals surface area contributed by atoms with Crippen molar-refractivity contribution in [1.82, 2.24) is 9.97 Å². The maximum absolute atomic E-state index is 4.91. The van der Waals surface area contributed by atoms with E-state index < -0.39 is 0 Å². The molecule has 31 heavy (non-hydrogen) atoms. The second kappa shape index (κ2) is 8.83. The van der Waals surface area contributed by atoms with Crippen LogP contribution in [0.4, 0.5) is 0 Å². The van der Waals surface area contributed by atoms with Gasteiger partial charge in [-0.25, -0.2) is 9.97 Å². The Bertz CT molecular complexity index is 1250. The zero-order valence-electron chi connectivity index (χ0n) is 17.0. The van der Waals surface area contributed by atoms with Gasteiger partial charge in [-0.3, -0.25) is 0 Å². The number of halogens is 1. The summed E-state index contributed by atoms with van der Waals surface area (Å²) in [5.74, 6) is 0.734. The molecule has 1 heterocycles. The molecular formula is C28H21BrN2. The molecule has 0 aliphatic heterocycles. The second-order valence-electron chi connectivity index (χ2n) is 7.55. The molecule has 0 fully saturated rings. The standard InChI is InChI=1S/C28H21BrN2/c29-25-17-15-23(16-18-25)27-19-26(30-28(31-27)24-9-5-2-6-10-24)22-13-11-21(12-14-22)20-7-3-1-4-8-20/h2-3,5-19H,1,4H2. The molecule has 1 aliphatic rings. The van der Waals surface area contributed by atoms with Crippen molar-refractivity contribution in [2.45, 2.75) is 12.8 Å². The summed E-state index contributed by atoms with van der Waals surface area (Å²) in [5, 5.41) is 0. The summed E-state index contributed by atoms with van der Waals surface area (Å²) in [6.07, 6.45) is 8.99. The van der Waals surface area contributed by atoms with Gasteiger partial charge in [0.15, 0.2) is 5.82 Å². The van der Waals surface area contributed by atoms with Crippen molar-refractivity contribution in [1.29, 1.82) is 0 Å².